The smallest absolute Gasteiger partial charge is 0.233 e. The molecule has 2 rings (SSSR count). The van der Waals surface area contributed by atoms with E-state index in [-0.39, 0.29) is 6.42 Å². The second-order valence-corrected chi connectivity index (χ2v) is 5.75. The normalized spacial score (nSPS) is 10.1. The van der Waals surface area contributed by atoms with Gasteiger partial charge < -0.3 is 20.1 Å². The van der Waals surface area contributed by atoms with Crippen LogP contribution >= 0.6 is 23.2 Å². The maximum atomic E-state index is 12.1. The van der Waals surface area contributed by atoms with Crippen molar-refractivity contribution in [3.8, 4) is 11.5 Å². The van der Waals surface area contributed by atoms with Crippen LogP contribution in [0.1, 0.15) is 6.42 Å². The molecule has 0 spiro atoms. The van der Waals surface area contributed by atoms with E-state index in [1.54, 1.807) is 24.3 Å². The number of halogens is 2. The number of para-hydroxylation sites is 1. The highest BCUT2D eigenvalue weighted by atomic mass is 35.5. The van der Waals surface area contributed by atoms with Gasteiger partial charge >= 0.3 is 0 Å². The summed E-state index contributed by atoms with van der Waals surface area (Å²) in [5, 5.41) is 5.91. The lowest BCUT2D eigenvalue weighted by molar-refractivity contribution is -0.123. The zero-order valence-corrected chi connectivity index (χ0v) is 15.1. The topological polar surface area (TPSA) is 76.7 Å². The first-order chi connectivity index (χ1) is 11.9. The fourth-order valence-electron chi connectivity index (χ4n) is 2.06. The van der Waals surface area contributed by atoms with Crippen molar-refractivity contribution >= 4 is 46.4 Å². The van der Waals surface area contributed by atoms with E-state index in [9.17, 15) is 9.59 Å². The van der Waals surface area contributed by atoms with E-state index in [0.717, 1.165) is 0 Å². The van der Waals surface area contributed by atoms with Crippen molar-refractivity contribution in [3.05, 3.63) is 46.4 Å². The Labute approximate surface area is 155 Å². The van der Waals surface area contributed by atoms with Gasteiger partial charge in [0.1, 0.15) is 17.9 Å². The highest BCUT2D eigenvalue weighted by molar-refractivity contribution is 6.34. The Bertz CT molecular complexity index is 796. The summed E-state index contributed by atoms with van der Waals surface area (Å²) in [5.74, 6) is -0.290. The summed E-state index contributed by atoms with van der Waals surface area (Å²) < 4.78 is 10.3. The maximum absolute atomic E-state index is 12.1. The Hall–Kier alpha value is -2.44. The van der Waals surface area contributed by atoms with Crippen LogP contribution in [0, 0.1) is 0 Å². The molecule has 0 saturated carbocycles. The number of anilines is 2. The predicted octanol–water partition coefficient (Wildman–Crippen LogP) is 3.98. The summed E-state index contributed by atoms with van der Waals surface area (Å²) >= 11 is 12.0. The summed E-state index contributed by atoms with van der Waals surface area (Å²) in [4.78, 5) is 24.1. The third-order valence-corrected chi connectivity index (χ3v) is 3.84. The molecule has 2 amide bonds. The first-order valence-electron chi connectivity index (χ1n) is 7.20. The summed E-state index contributed by atoms with van der Waals surface area (Å²) in [6, 6.07) is 9.79. The van der Waals surface area contributed by atoms with E-state index in [1.807, 2.05) is 0 Å². The van der Waals surface area contributed by atoms with Gasteiger partial charge in [-0.2, -0.15) is 0 Å². The molecule has 0 radical (unpaired) electrons. The molecule has 0 aliphatic carbocycles. The fourth-order valence-corrected chi connectivity index (χ4v) is 2.47. The highest BCUT2D eigenvalue weighted by Gasteiger charge is 2.15. The zero-order valence-electron chi connectivity index (χ0n) is 13.6. The average molecular weight is 383 g/mol. The lowest BCUT2D eigenvalue weighted by atomic mass is 10.2. The van der Waals surface area contributed by atoms with Crippen LogP contribution in [0.3, 0.4) is 0 Å². The van der Waals surface area contributed by atoms with Crippen LogP contribution in [0.25, 0.3) is 0 Å². The number of nitrogens with one attached hydrogen (secondary N) is 2. The van der Waals surface area contributed by atoms with Gasteiger partial charge in [0.2, 0.25) is 11.8 Å². The van der Waals surface area contributed by atoms with E-state index >= 15 is 0 Å². The summed E-state index contributed by atoms with van der Waals surface area (Å²) in [7, 11) is 2.90. The number of methoxy groups -OCH3 is 2. The van der Waals surface area contributed by atoms with Crippen molar-refractivity contribution in [2.24, 2.45) is 0 Å². The van der Waals surface area contributed by atoms with Crippen LogP contribution in [-0.4, -0.2) is 26.0 Å². The lowest BCUT2D eigenvalue weighted by Crippen LogP contribution is -2.21. The van der Waals surface area contributed by atoms with Crippen molar-refractivity contribution in [1.82, 2.24) is 0 Å². The van der Waals surface area contributed by atoms with E-state index in [4.69, 9.17) is 32.7 Å². The number of benzene rings is 2. The maximum Gasteiger partial charge on any atom is 0.233 e. The van der Waals surface area contributed by atoms with Gasteiger partial charge in [-0.1, -0.05) is 35.3 Å². The molecule has 0 bridgehead atoms. The number of carbonyl (C=O) groups is 2. The Morgan fingerprint density at radius 3 is 2.08 bits per heavy atom. The third kappa shape index (κ3) is 5.01. The number of hydrogen-bond acceptors (Lipinski definition) is 4. The number of hydrogen-bond donors (Lipinski definition) is 2. The quantitative estimate of drug-likeness (QED) is 0.740. The van der Waals surface area contributed by atoms with E-state index < -0.39 is 11.8 Å². The van der Waals surface area contributed by atoms with E-state index in [1.165, 1.54) is 26.4 Å². The summed E-state index contributed by atoms with van der Waals surface area (Å²) in [6.07, 6.45) is -0.390. The molecule has 0 aliphatic rings. The van der Waals surface area contributed by atoms with Gasteiger partial charge in [-0.05, 0) is 12.1 Å². The Morgan fingerprint density at radius 1 is 0.880 bits per heavy atom. The number of rotatable bonds is 6. The molecular formula is C17H16Cl2N2O4. The first-order valence-corrected chi connectivity index (χ1v) is 7.96. The van der Waals surface area contributed by atoms with Crippen LogP contribution in [-0.2, 0) is 9.59 Å². The minimum atomic E-state index is -0.521. The Morgan fingerprint density at radius 2 is 1.48 bits per heavy atom. The molecule has 132 valence electrons. The van der Waals surface area contributed by atoms with Crippen molar-refractivity contribution in [3.63, 3.8) is 0 Å². The average Bonchev–Trinajstić information content (AvgIpc) is 2.57. The molecule has 0 fully saturated rings. The lowest BCUT2D eigenvalue weighted by Gasteiger charge is -2.13. The Kier molecular flexibility index (Phi) is 6.50. The van der Waals surface area contributed by atoms with Crippen molar-refractivity contribution in [2.75, 3.05) is 24.9 Å². The molecule has 0 saturated heterocycles. The van der Waals surface area contributed by atoms with Gasteiger partial charge in [0.05, 0.1) is 35.6 Å². The van der Waals surface area contributed by atoms with Crippen molar-refractivity contribution in [1.29, 1.82) is 0 Å². The molecule has 0 aliphatic heterocycles. The van der Waals surface area contributed by atoms with Gasteiger partial charge in [0.15, 0.2) is 0 Å². The molecule has 6 nitrogen and oxygen atoms in total. The predicted molar refractivity (Wildman–Crippen MR) is 97.9 cm³/mol. The van der Waals surface area contributed by atoms with Crippen molar-refractivity contribution in [2.45, 2.75) is 6.42 Å². The second-order valence-electron chi connectivity index (χ2n) is 4.94. The van der Waals surface area contributed by atoms with Crippen molar-refractivity contribution < 1.29 is 19.1 Å². The summed E-state index contributed by atoms with van der Waals surface area (Å²) in [5.41, 5.74) is 0.784. The van der Waals surface area contributed by atoms with Gasteiger partial charge in [-0.15, -0.1) is 0 Å². The van der Waals surface area contributed by atoms with Gasteiger partial charge in [-0.3, -0.25) is 9.59 Å². The van der Waals surface area contributed by atoms with Gasteiger partial charge in [0, 0.05) is 12.1 Å². The number of ether oxygens (including phenoxy) is 2. The minimum Gasteiger partial charge on any atom is -0.495 e. The van der Waals surface area contributed by atoms with E-state index in [0.29, 0.717) is 32.9 Å². The Balaban J connectivity index is 2.05. The van der Waals surface area contributed by atoms with Gasteiger partial charge in [-0.25, -0.2) is 0 Å². The van der Waals surface area contributed by atoms with Crippen LogP contribution in [0.15, 0.2) is 36.4 Å². The molecule has 0 unspecified atom stereocenters. The van der Waals surface area contributed by atoms with Crippen LogP contribution in [0.5, 0.6) is 11.5 Å². The monoisotopic (exact) mass is 382 g/mol. The largest absolute Gasteiger partial charge is 0.495 e. The molecule has 0 heterocycles. The first kappa shape index (κ1) is 18.9. The number of carbonyl (C=O) groups excluding carboxylic acids is 2. The molecule has 2 aromatic carbocycles. The highest BCUT2D eigenvalue weighted by Crippen LogP contribution is 2.35. The van der Waals surface area contributed by atoms with Crippen LogP contribution in [0.2, 0.25) is 10.0 Å². The standard InChI is InChI=1S/C17H16Cl2N2O4/c1-24-14-8-13(15(25-2)7-11(14)19)21-17(23)9-16(22)20-12-6-4-3-5-10(12)18/h3-8H,9H2,1-2H3,(H,20,22)(H,21,23). The molecule has 0 aromatic heterocycles. The molecule has 2 N–H and O–H groups in total. The molecule has 25 heavy (non-hydrogen) atoms. The van der Waals surface area contributed by atoms with Crippen LogP contribution < -0.4 is 20.1 Å². The SMILES string of the molecule is COc1cc(NC(=O)CC(=O)Nc2ccccc2Cl)c(OC)cc1Cl. The van der Waals surface area contributed by atoms with Crippen LogP contribution in [0.4, 0.5) is 11.4 Å². The molecular weight excluding hydrogens is 367 g/mol. The molecule has 8 heteroatoms. The van der Waals surface area contributed by atoms with Gasteiger partial charge in [0.25, 0.3) is 0 Å². The number of amides is 2. The second kappa shape index (κ2) is 8.60. The molecule has 0 atom stereocenters. The summed E-state index contributed by atoms with van der Waals surface area (Å²) in [6.45, 7) is 0. The van der Waals surface area contributed by atoms with E-state index in [2.05, 4.69) is 10.6 Å². The molecule has 2 aromatic rings. The fraction of sp³-hybridized carbons (Fsp3) is 0.176. The zero-order chi connectivity index (χ0) is 18.4. The third-order valence-electron chi connectivity index (χ3n) is 3.22. The minimum absolute atomic E-state index is 0.341.